The Labute approximate surface area is 130 Å². The maximum Gasteiger partial charge on any atom is 0.315 e. The van der Waals surface area contributed by atoms with Crippen molar-refractivity contribution >= 4 is 11.9 Å². The Balaban J connectivity index is 1.84. The van der Waals surface area contributed by atoms with Gasteiger partial charge in [-0.1, -0.05) is 12.1 Å². The zero-order chi connectivity index (χ0) is 15.9. The highest BCUT2D eigenvalue weighted by Gasteiger charge is 2.24. The molecule has 0 bridgehead atoms. The van der Waals surface area contributed by atoms with Gasteiger partial charge in [-0.15, -0.1) is 0 Å². The zero-order valence-corrected chi connectivity index (χ0v) is 12.8. The molecule has 6 heteroatoms. The van der Waals surface area contributed by atoms with Crippen molar-refractivity contribution in [3.63, 3.8) is 0 Å². The van der Waals surface area contributed by atoms with Crippen LogP contribution in [0.5, 0.6) is 5.75 Å². The fourth-order valence-electron chi connectivity index (χ4n) is 2.13. The third-order valence-corrected chi connectivity index (χ3v) is 3.54. The molecule has 4 N–H and O–H groups in total. The van der Waals surface area contributed by atoms with E-state index < -0.39 is 11.8 Å². The molecule has 1 aliphatic carbocycles. The lowest BCUT2D eigenvalue weighted by molar-refractivity contribution is -0.121. The van der Waals surface area contributed by atoms with Crippen LogP contribution in [0.3, 0.4) is 0 Å². The van der Waals surface area contributed by atoms with Gasteiger partial charge in [-0.25, -0.2) is 4.79 Å². The lowest BCUT2D eigenvalue weighted by atomic mass is 9.98. The first kappa shape index (κ1) is 16.1. The van der Waals surface area contributed by atoms with Crippen molar-refractivity contribution in [1.29, 1.82) is 0 Å². The van der Waals surface area contributed by atoms with Crippen LogP contribution in [0, 0.1) is 5.92 Å². The van der Waals surface area contributed by atoms with Crippen molar-refractivity contribution in [2.24, 2.45) is 11.7 Å². The van der Waals surface area contributed by atoms with Crippen LogP contribution in [-0.2, 0) is 11.2 Å². The van der Waals surface area contributed by atoms with Crippen LogP contribution in [0.2, 0.25) is 0 Å². The Morgan fingerprint density at radius 1 is 1.32 bits per heavy atom. The van der Waals surface area contributed by atoms with E-state index in [4.69, 9.17) is 10.5 Å². The molecule has 120 valence electrons. The third kappa shape index (κ3) is 5.27. The zero-order valence-electron chi connectivity index (χ0n) is 12.8. The van der Waals surface area contributed by atoms with Gasteiger partial charge in [-0.05, 0) is 43.9 Å². The lowest BCUT2D eigenvalue weighted by Gasteiger charge is -2.15. The number of carbonyl (C=O) groups excluding carboxylic acids is 2. The minimum absolute atomic E-state index is 0.236. The second kappa shape index (κ2) is 7.68. The highest BCUT2D eigenvalue weighted by Crippen LogP contribution is 2.18. The number of nitrogens with two attached hydrogens (primary N) is 1. The lowest BCUT2D eigenvalue weighted by Crippen LogP contribution is -2.42. The van der Waals surface area contributed by atoms with Crippen LogP contribution in [0.1, 0.15) is 25.3 Å². The minimum Gasteiger partial charge on any atom is -0.494 e. The number of hydrogen-bond donors (Lipinski definition) is 3. The molecule has 0 saturated heterocycles. The molecular formula is C16H23N3O3. The largest absolute Gasteiger partial charge is 0.494 e. The van der Waals surface area contributed by atoms with Crippen LogP contribution in [-0.4, -0.2) is 31.1 Å². The molecule has 6 nitrogen and oxygen atoms in total. The quantitative estimate of drug-likeness (QED) is 0.673. The second-order valence-electron chi connectivity index (χ2n) is 5.51. The van der Waals surface area contributed by atoms with Gasteiger partial charge < -0.3 is 21.1 Å². The first-order valence-electron chi connectivity index (χ1n) is 7.64. The molecule has 22 heavy (non-hydrogen) atoms. The van der Waals surface area contributed by atoms with Crippen LogP contribution >= 0.6 is 0 Å². The summed E-state index contributed by atoms with van der Waals surface area (Å²) in [7, 11) is 0. The van der Waals surface area contributed by atoms with E-state index in [1.54, 1.807) is 0 Å². The predicted molar refractivity (Wildman–Crippen MR) is 83.6 cm³/mol. The molecule has 3 amide bonds. The summed E-state index contributed by atoms with van der Waals surface area (Å²) in [6.07, 6.45) is 2.54. The van der Waals surface area contributed by atoms with Gasteiger partial charge in [-0.2, -0.15) is 0 Å². The fourth-order valence-corrected chi connectivity index (χ4v) is 2.13. The van der Waals surface area contributed by atoms with Gasteiger partial charge in [0.2, 0.25) is 5.91 Å². The number of ether oxygens (including phenoxy) is 1. The standard InChI is InChI=1S/C16H23N3O3/c1-2-22-14-7-3-11(4-8-14)9-12(15(17)20)10-18-16(21)19-13-5-6-13/h3-4,7-8,12-13H,2,5-6,9-10H2,1H3,(H2,17,20)(H2,18,19,21)/t12-/m1/s1. The van der Waals surface area contributed by atoms with Crippen LogP contribution in [0.4, 0.5) is 4.79 Å². The molecule has 0 spiro atoms. The Morgan fingerprint density at radius 3 is 2.55 bits per heavy atom. The molecule has 1 fully saturated rings. The Hall–Kier alpha value is -2.24. The third-order valence-electron chi connectivity index (χ3n) is 3.54. The molecule has 1 aromatic carbocycles. The van der Waals surface area contributed by atoms with Crippen LogP contribution in [0.15, 0.2) is 24.3 Å². The highest BCUT2D eigenvalue weighted by molar-refractivity contribution is 5.79. The Kier molecular flexibility index (Phi) is 5.63. The number of hydrogen-bond acceptors (Lipinski definition) is 3. The molecular weight excluding hydrogens is 282 g/mol. The van der Waals surface area contributed by atoms with Crippen molar-refractivity contribution in [3.8, 4) is 5.75 Å². The van der Waals surface area contributed by atoms with Gasteiger partial charge in [0.05, 0.1) is 12.5 Å². The predicted octanol–water partition coefficient (Wildman–Crippen LogP) is 1.19. The average molecular weight is 305 g/mol. The molecule has 1 atom stereocenters. The SMILES string of the molecule is CCOc1ccc(C[C@H](CNC(=O)NC2CC2)C(N)=O)cc1. The van der Waals surface area contributed by atoms with E-state index >= 15 is 0 Å². The molecule has 0 aliphatic heterocycles. The Morgan fingerprint density at radius 2 is 2.00 bits per heavy atom. The maximum atomic E-state index is 11.6. The van der Waals surface area contributed by atoms with Crippen molar-refractivity contribution in [3.05, 3.63) is 29.8 Å². The van der Waals surface area contributed by atoms with E-state index in [1.165, 1.54) is 0 Å². The van der Waals surface area contributed by atoms with E-state index in [2.05, 4.69) is 10.6 Å². The molecule has 0 heterocycles. The topological polar surface area (TPSA) is 93.4 Å². The minimum atomic E-state index is -0.428. The average Bonchev–Trinajstić information content (AvgIpc) is 3.29. The summed E-state index contributed by atoms with van der Waals surface area (Å²) in [6.45, 7) is 2.78. The Bertz CT molecular complexity index is 512. The number of nitrogens with one attached hydrogen (secondary N) is 2. The van der Waals surface area contributed by atoms with E-state index in [9.17, 15) is 9.59 Å². The van der Waals surface area contributed by atoms with Gasteiger partial charge >= 0.3 is 6.03 Å². The van der Waals surface area contributed by atoms with Crippen LogP contribution in [0.25, 0.3) is 0 Å². The maximum absolute atomic E-state index is 11.6. The van der Waals surface area contributed by atoms with E-state index in [0.717, 1.165) is 24.2 Å². The fraction of sp³-hybridized carbons (Fsp3) is 0.500. The first-order chi connectivity index (χ1) is 10.6. The number of carbonyl (C=O) groups is 2. The van der Waals surface area contributed by atoms with Gasteiger partial charge in [0, 0.05) is 12.6 Å². The number of primary amides is 1. The first-order valence-corrected chi connectivity index (χ1v) is 7.64. The summed E-state index contributed by atoms with van der Waals surface area (Å²) < 4.78 is 5.38. The highest BCUT2D eigenvalue weighted by atomic mass is 16.5. The van der Waals surface area contributed by atoms with Gasteiger partial charge in [0.1, 0.15) is 5.75 Å². The smallest absolute Gasteiger partial charge is 0.315 e. The molecule has 1 aliphatic rings. The van der Waals surface area contributed by atoms with E-state index in [-0.39, 0.29) is 18.6 Å². The summed E-state index contributed by atoms with van der Waals surface area (Å²) >= 11 is 0. The number of rotatable bonds is 8. The summed E-state index contributed by atoms with van der Waals surface area (Å²) in [4.78, 5) is 23.1. The molecule has 0 unspecified atom stereocenters. The van der Waals surface area contributed by atoms with Crippen molar-refractivity contribution in [1.82, 2.24) is 10.6 Å². The van der Waals surface area contributed by atoms with Gasteiger partial charge in [-0.3, -0.25) is 4.79 Å². The molecule has 0 radical (unpaired) electrons. The van der Waals surface area contributed by atoms with Gasteiger partial charge in [0.25, 0.3) is 0 Å². The molecule has 2 rings (SSSR count). The van der Waals surface area contributed by atoms with Crippen LogP contribution < -0.4 is 21.1 Å². The molecule has 1 aromatic rings. The number of urea groups is 1. The van der Waals surface area contributed by atoms with Crippen molar-refractivity contribution < 1.29 is 14.3 Å². The van der Waals surface area contributed by atoms with E-state index in [0.29, 0.717) is 13.0 Å². The van der Waals surface area contributed by atoms with Crippen molar-refractivity contribution in [2.75, 3.05) is 13.2 Å². The molecule has 0 aromatic heterocycles. The number of benzene rings is 1. The van der Waals surface area contributed by atoms with E-state index in [1.807, 2.05) is 31.2 Å². The second-order valence-corrected chi connectivity index (χ2v) is 5.51. The van der Waals surface area contributed by atoms with Crippen molar-refractivity contribution in [2.45, 2.75) is 32.2 Å². The summed E-state index contributed by atoms with van der Waals surface area (Å²) in [5.41, 5.74) is 6.41. The van der Waals surface area contributed by atoms with Gasteiger partial charge in [0.15, 0.2) is 0 Å². The summed E-state index contributed by atoms with van der Waals surface area (Å²) in [5, 5.41) is 5.53. The normalized spacial score (nSPS) is 15.0. The number of amides is 3. The monoisotopic (exact) mass is 305 g/mol. The summed E-state index contributed by atoms with van der Waals surface area (Å²) in [6, 6.07) is 7.60. The summed E-state index contributed by atoms with van der Waals surface area (Å²) in [5.74, 6) is -0.0488. The molecule has 1 saturated carbocycles.